The van der Waals surface area contributed by atoms with Crippen LogP contribution in [0, 0.1) is 5.92 Å². The van der Waals surface area contributed by atoms with Crippen LogP contribution in [0.3, 0.4) is 0 Å². The Morgan fingerprint density at radius 2 is 2.17 bits per heavy atom. The summed E-state index contributed by atoms with van der Waals surface area (Å²) in [5.74, 6) is 1.51. The lowest BCUT2D eigenvalue weighted by molar-refractivity contribution is 0.284. The van der Waals surface area contributed by atoms with Crippen molar-refractivity contribution in [1.29, 1.82) is 0 Å². The van der Waals surface area contributed by atoms with Crippen molar-refractivity contribution in [3.05, 3.63) is 18.0 Å². The molecule has 1 heterocycles. The van der Waals surface area contributed by atoms with Gasteiger partial charge in [-0.2, -0.15) is 5.10 Å². The summed E-state index contributed by atoms with van der Waals surface area (Å²) in [6.07, 6.45) is 8.67. The Bertz CT molecular complexity index is 345. The second-order valence-electron chi connectivity index (χ2n) is 5.43. The van der Waals surface area contributed by atoms with Crippen LogP contribution in [0.2, 0.25) is 0 Å². The summed E-state index contributed by atoms with van der Waals surface area (Å²) in [7, 11) is 0. The van der Waals surface area contributed by atoms with Crippen molar-refractivity contribution in [2.75, 3.05) is 13.1 Å². The van der Waals surface area contributed by atoms with E-state index >= 15 is 0 Å². The van der Waals surface area contributed by atoms with Crippen molar-refractivity contribution in [3.8, 4) is 0 Å². The van der Waals surface area contributed by atoms with Crippen molar-refractivity contribution in [1.82, 2.24) is 15.1 Å². The first-order valence-electron chi connectivity index (χ1n) is 7.59. The molecule has 0 aliphatic heterocycles. The molecule has 3 nitrogen and oxygen atoms in total. The van der Waals surface area contributed by atoms with Crippen molar-refractivity contribution < 1.29 is 0 Å². The Morgan fingerprint density at radius 3 is 2.94 bits per heavy atom. The van der Waals surface area contributed by atoms with Gasteiger partial charge in [-0.3, -0.25) is 4.68 Å². The average Bonchev–Trinajstić information content (AvgIpc) is 2.88. The van der Waals surface area contributed by atoms with Crippen molar-refractivity contribution in [2.24, 2.45) is 5.92 Å². The van der Waals surface area contributed by atoms with Crippen LogP contribution >= 0.6 is 0 Å². The standard InChI is InChI=1S/C15H27N3/c1-3-10-16-12-13-7-5-6-8-14(13)15-9-11-17-18(15)4-2/h9,11,13-14,16H,3-8,10,12H2,1-2H3. The molecular weight excluding hydrogens is 222 g/mol. The second-order valence-corrected chi connectivity index (χ2v) is 5.43. The largest absolute Gasteiger partial charge is 0.316 e. The molecule has 2 rings (SSSR count). The molecule has 1 aliphatic rings. The van der Waals surface area contributed by atoms with E-state index in [1.807, 2.05) is 6.20 Å². The molecule has 0 amide bonds. The lowest BCUT2D eigenvalue weighted by Crippen LogP contribution is -2.31. The Kier molecular flexibility index (Phi) is 5.24. The van der Waals surface area contributed by atoms with Gasteiger partial charge in [-0.1, -0.05) is 19.8 Å². The second kappa shape index (κ2) is 6.93. The fourth-order valence-corrected chi connectivity index (χ4v) is 3.23. The van der Waals surface area contributed by atoms with E-state index in [1.54, 1.807) is 0 Å². The third-order valence-electron chi connectivity index (χ3n) is 4.17. The predicted molar refractivity (Wildman–Crippen MR) is 75.8 cm³/mol. The SMILES string of the molecule is CCCNCC1CCCCC1c1ccnn1CC. The highest BCUT2D eigenvalue weighted by Gasteiger charge is 2.28. The monoisotopic (exact) mass is 249 g/mol. The van der Waals surface area contributed by atoms with Gasteiger partial charge in [-0.15, -0.1) is 0 Å². The summed E-state index contributed by atoms with van der Waals surface area (Å²) in [6.45, 7) is 7.73. The minimum absolute atomic E-state index is 0.713. The highest BCUT2D eigenvalue weighted by atomic mass is 15.3. The van der Waals surface area contributed by atoms with Crippen LogP contribution in [-0.2, 0) is 6.54 Å². The van der Waals surface area contributed by atoms with Crippen molar-refractivity contribution in [2.45, 2.75) is 58.4 Å². The molecule has 18 heavy (non-hydrogen) atoms. The van der Waals surface area contributed by atoms with Crippen LogP contribution in [0.1, 0.15) is 57.6 Å². The minimum atomic E-state index is 0.713. The molecule has 0 bridgehead atoms. The number of nitrogens with zero attached hydrogens (tertiary/aromatic N) is 2. The highest BCUT2D eigenvalue weighted by Crippen LogP contribution is 2.37. The molecule has 102 valence electrons. The number of nitrogens with one attached hydrogen (secondary N) is 1. The van der Waals surface area contributed by atoms with Crippen LogP contribution in [0.15, 0.2) is 12.3 Å². The van der Waals surface area contributed by atoms with Gasteiger partial charge in [0.1, 0.15) is 0 Å². The zero-order valence-corrected chi connectivity index (χ0v) is 11.9. The topological polar surface area (TPSA) is 29.9 Å². The quantitative estimate of drug-likeness (QED) is 0.785. The molecule has 1 aromatic rings. The number of aromatic nitrogens is 2. The Balaban J connectivity index is 2.03. The summed E-state index contributed by atoms with van der Waals surface area (Å²) in [6, 6.07) is 2.23. The highest BCUT2D eigenvalue weighted by molar-refractivity contribution is 5.11. The van der Waals surface area contributed by atoms with Crippen molar-refractivity contribution in [3.63, 3.8) is 0 Å². The molecule has 2 atom stereocenters. The van der Waals surface area contributed by atoms with Crippen LogP contribution < -0.4 is 5.32 Å². The van der Waals surface area contributed by atoms with E-state index in [-0.39, 0.29) is 0 Å². The summed E-state index contributed by atoms with van der Waals surface area (Å²) >= 11 is 0. The van der Waals surface area contributed by atoms with E-state index in [4.69, 9.17) is 0 Å². The predicted octanol–water partition coefficient (Wildman–Crippen LogP) is 3.18. The third-order valence-corrected chi connectivity index (χ3v) is 4.17. The molecule has 2 unspecified atom stereocenters. The summed E-state index contributed by atoms with van der Waals surface area (Å²) < 4.78 is 2.18. The van der Waals surface area contributed by atoms with E-state index in [1.165, 1.54) is 44.3 Å². The number of aryl methyl sites for hydroxylation is 1. The average molecular weight is 249 g/mol. The zero-order chi connectivity index (χ0) is 12.8. The van der Waals surface area contributed by atoms with Gasteiger partial charge in [-0.25, -0.2) is 0 Å². The van der Waals surface area contributed by atoms with Gasteiger partial charge < -0.3 is 5.32 Å². The van der Waals surface area contributed by atoms with Gasteiger partial charge in [0.05, 0.1) is 0 Å². The van der Waals surface area contributed by atoms with E-state index in [9.17, 15) is 0 Å². The molecule has 1 saturated carbocycles. The number of rotatable bonds is 6. The molecule has 0 saturated heterocycles. The maximum absolute atomic E-state index is 4.44. The summed E-state index contributed by atoms with van der Waals surface area (Å²) in [5.41, 5.74) is 1.46. The fourth-order valence-electron chi connectivity index (χ4n) is 3.23. The van der Waals surface area contributed by atoms with Crippen molar-refractivity contribution >= 4 is 0 Å². The molecule has 1 aliphatic carbocycles. The van der Waals surface area contributed by atoms with E-state index in [0.29, 0.717) is 5.92 Å². The normalized spacial score (nSPS) is 24.3. The Morgan fingerprint density at radius 1 is 1.33 bits per heavy atom. The van der Waals surface area contributed by atoms with Gasteiger partial charge in [0.2, 0.25) is 0 Å². The third kappa shape index (κ3) is 3.14. The van der Waals surface area contributed by atoms with Gasteiger partial charge in [0.15, 0.2) is 0 Å². The molecule has 0 aromatic carbocycles. The zero-order valence-electron chi connectivity index (χ0n) is 11.9. The molecular formula is C15H27N3. The van der Waals surface area contributed by atoms with Gasteiger partial charge in [-0.05, 0) is 51.3 Å². The Labute approximate surface area is 111 Å². The van der Waals surface area contributed by atoms with Gasteiger partial charge in [0, 0.05) is 24.4 Å². The fraction of sp³-hybridized carbons (Fsp3) is 0.800. The maximum Gasteiger partial charge on any atom is 0.0492 e. The first kappa shape index (κ1) is 13.6. The van der Waals surface area contributed by atoms with Crippen LogP contribution in [0.4, 0.5) is 0 Å². The minimum Gasteiger partial charge on any atom is -0.316 e. The smallest absolute Gasteiger partial charge is 0.0492 e. The molecule has 0 radical (unpaired) electrons. The molecule has 3 heteroatoms. The van der Waals surface area contributed by atoms with Crippen LogP contribution in [0.25, 0.3) is 0 Å². The maximum atomic E-state index is 4.44. The van der Waals surface area contributed by atoms with E-state index in [0.717, 1.165) is 19.0 Å². The lowest BCUT2D eigenvalue weighted by Gasteiger charge is -2.32. The molecule has 1 fully saturated rings. The number of hydrogen-bond donors (Lipinski definition) is 1. The van der Waals surface area contributed by atoms with Gasteiger partial charge >= 0.3 is 0 Å². The molecule has 1 aromatic heterocycles. The van der Waals surface area contributed by atoms with E-state index in [2.05, 4.69) is 35.0 Å². The first-order valence-corrected chi connectivity index (χ1v) is 7.59. The lowest BCUT2D eigenvalue weighted by atomic mass is 9.77. The van der Waals surface area contributed by atoms with Gasteiger partial charge in [0.25, 0.3) is 0 Å². The van der Waals surface area contributed by atoms with E-state index < -0.39 is 0 Å². The van der Waals surface area contributed by atoms with Crippen LogP contribution in [0.5, 0.6) is 0 Å². The summed E-state index contributed by atoms with van der Waals surface area (Å²) in [4.78, 5) is 0. The Hall–Kier alpha value is -0.830. The van der Waals surface area contributed by atoms with Crippen LogP contribution in [-0.4, -0.2) is 22.9 Å². The molecule has 1 N–H and O–H groups in total. The number of hydrogen-bond acceptors (Lipinski definition) is 2. The first-order chi connectivity index (χ1) is 8.86. The summed E-state index contributed by atoms with van der Waals surface area (Å²) in [5, 5.41) is 8.04. The molecule has 0 spiro atoms.